The highest BCUT2D eigenvalue weighted by molar-refractivity contribution is 6.03. The quantitative estimate of drug-likeness (QED) is 0.245. The van der Waals surface area contributed by atoms with Crippen molar-refractivity contribution >= 4 is 28.9 Å². The van der Waals surface area contributed by atoms with Gasteiger partial charge in [-0.3, -0.25) is 10.7 Å². The predicted molar refractivity (Wildman–Crippen MR) is 145 cm³/mol. The number of carboxylic acid groups (broad SMARTS) is 1. The molecule has 2 aromatic heterocycles. The molecule has 3 fully saturated rings. The lowest BCUT2D eigenvalue weighted by molar-refractivity contribution is 0.200. The Labute approximate surface area is 219 Å². The number of hydrogen-bond acceptors (Lipinski definition) is 6. The molecule has 0 saturated heterocycles. The maximum absolute atomic E-state index is 11.2. The molecule has 5 rings (SSSR count). The van der Waals surface area contributed by atoms with Crippen molar-refractivity contribution in [2.24, 2.45) is 17.8 Å². The van der Waals surface area contributed by atoms with E-state index in [4.69, 9.17) is 15.4 Å². The highest BCUT2D eigenvalue weighted by Gasteiger charge is 2.31. The summed E-state index contributed by atoms with van der Waals surface area (Å²) < 4.78 is 2.40. The first-order chi connectivity index (χ1) is 17.9. The summed E-state index contributed by atoms with van der Waals surface area (Å²) in [7, 11) is 0. The van der Waals surface area contributed by atoms with E-state index in [1.54, 1.807) is 0 Å². The zero-order valence-electron chi connectivity index (χ0n) is 22.4. The van der Waals surface area contributed by atoms with Gasteiger partial charge in [0.25, 0.3) is 0 Å². The molecule has 0 radical (unpaired) electrons. The van der Waals surface area contributed by atoms with Crippen LogP contribution in [0.15, 0.2) is 0 Å². The molecule has 0 aromatic carbocycles. The average molecular weight is 510 g/mol. The summed E-state index contributed by atoms with van der Waals surface area (Å²) in [6.07, 6.45) is 15.1. The van der Waals surface area contributed by atoms with Crippen molar-refractivity contribution in [3.05, 3.63) is 11.6 Å². The summed E-state index contributed by atoms with van der Waals surface area (Å²) in [4.78, 5) is 25.8. The zero-order chi connectivity index (χ0) is 25.9. The summed E-state index contributed by atoms with van der Waals surface area (Å²) >= 11 is 0. The van der Waals surface area contributed by atoms with E-state index >= 15 is 0 Å². The monoisotopic (exact) mass is 509 g/mol. The summed E-state index contributed by atoms with van der Waals surface area (Å²) in [6, 6.07) is 0.235. The van der Waals surface area contributed by atoms with Crippen molar-refractivity contribution in [1.82, 2.24) is 24.8 Å². The molecule has 37 heavy (non-hydrogen) atoms. The van der Waals surface area contributed by atoms with Gasteiger partial charge in [0.2, 0.25) is 0 Å². The van der Waals surface area contributed by atoms with Crippen LogP contribution in [0, 0.1) is 23.2 Å². The normalized spacial score (nSPS) is 21.4. The molecule has 9 nitrogen and oxygen atoms in total. The molecule has 1 amide bonds. The minimum absolute atomic E-state index is 0.0670. The van der Waals surface area contributed by atoms with Crippen LogP contribution in [0.4, 0.5) is 10.6 Å². The number of hydrogen-bond donors (Lipinski definition) is 4. The van der Waals surface area contributed by atoms with Crippen molar-refractivity contribution in [3.63, 3.8) is 0 Å². The summed E-state index contributed by atoms with van der Waals surface area (Å²) in [6.45, 7) is 5.44. The number of anilines is 1. The van der Waals surface area contributed by atoms with E-state index in [1.807, 2.05) is 0 Å². The number of imidazole rings is 1. The predicted octanol–water partition coefficient (Wildman–Crippen LogP) is 6.28. The first kappa shape index (κ1) is 25.9. The van der Waals surface area contributed by atoms with Crippen molar-refractivity contribution in [1.29, 1.82) is 5.41 Å². The fraction of sp³-hybridized carbons (Fsp3) is 0.750. The van der Waals surface area contributed by atoms with E-state index in [-0.39, 0.29) is 17.7 Å². The van der Waals surface area contributed by atoms with E-state index < -0.39 is 6.09 Å². The maximum Gasteiger partial charge on any atom is 0.410 e. The molecule has 3 aliphatic carbocycles. The Morgan fingerprint density at radius 1 is 0.946 bits per heavy atom. The van der Waals surface area contributed by atoms with E-state index in [0.29, 0.717) is 35.1 Å². The second-order valence-electron chi connectivity index (χ2n) is 11.8. The molecule has 3 aliphatic rings. The SMILES string of the molecule is CC(c1nc2nc(C(=N)NC(=O)O)nc(N[C@H](C)C3CCC3)c2n1CC1CCCCC1)C1CCCCC1. The first-order valence-electron chi connectivity index (χ1n) is 14.5. The number of rotatable bonds is 8. The third-order valence-corrected chi connectivity index (χ3v) is 9.24. The van der Waals surface area contributed by atoms with Gasteiger partial charge < -0.3 is 15.0 Å². The van der Waals surface area contributed by atoms with E-state index in [9.17, 15) is 9.90 Å². The minimum Gasteiger partial charge on any atom is -0.465 e. The third-order valence-electron chi connectivity index (χ3n) is 9.24. The van der Waals surface area contributed by atoms with Crippen molar-refractivity contribution in [2.75, 3.05) is 5.32 Å². The van der Waals surface area contributed by atoms with E-state index in [2.05, 4.69) is 34.0 Å². The minimum atomic E-state index is -1.29. The number of nitrogens with zero attached hydrogens (tertiary/aromatic N) is 4. The number of amides is 1. The van der Waals surface area contributed by atoms with Gasteiger partial charge >= 0.3 is 6.09 Å². The molecule has 1 unspecified atom stereocenters. The molecular formula is C28H43N7O2. The standard InChI is InChI=1S/C28H43N7O2/c1-17(20-12-7-4-8-13-20)27-34-25-22(35(27)16-19-10-5-3-6-11-19)24(30-18(2)21-14-9-15-21)32-26(33-25)23(29)31-28(36)37/h17-21H,3-16H2,1-2H3,(H2,29,31)(H,36,37)(H,30,32,33)/t17?,18-/m1/s1. The van der Waals surface area contributed by atoms with Crippen LogP contribution in [0.1, 0.15) is 115 Å². The maximum atomic E-state index is 11.2. The van der Waals surface area contributed by atoms with Gasteiger partial charge in [-0.25, -0.2) is 19.7 Å². The summed E-state index contributed by atoms with van der Waals surface area (Å²) in [5.41, 5.74) is 1.49. The van der Waals surface area contributed by atoms with Gasteiger partial charge in [0.05, 0.1) is 0 Å². The molecule has 9 heteroatoms. The number of fused-ring (bicyclic) bond motifs is 1. The van der Waals surface area contributed by atoms with Crippen LogP contribution in [0.25, 0.3) is 11.2 Å². The molecule has 2 heterocycles. The van der Waals surface area contributed by atoms with Gasteiger partial charge in [0, 0.05) is 18.5 Å². The molecule has 3 saturated carbocycles. The van der Waals surface area contributed by atoms with Crippen molar-refractivity contribution < 1.29 is 9.90 Å². The molecule has 0 bridgehead atoms. The molecular weight excluding hydrogens is 466 g/mol. The molecule has 0 spiro atoms. The molecule has 4 N–H and O–H groups in total. The van der Waals surface area contributed by atoms with Gasteiger partial charge in [-0.1, -0.05) is 51.9 Å². The third kappa shape index (κ3) is 5.75. The Morgan fingerprint density at radius 3 is 2.22 bits per heavy atom. The largest absolute Gasteiger partial charge is 0.465 e. The lowest BCUT2D eigenvalue weighted by Crippen LogP contribution is -2.33. The van der Waals surface area contributed by atoms with Crippen LogP contribution in [0.2, 0.25) is 0 Å². The Kier molecular flexibility index (Phi) is 7.95. The van der Waals surface area contributed by atoms with Gasteiger partial charge in [0.15, 0.2) is 23.1 Å². The van der Waals surface area contributed by atoms with E-state index in [0.717, 1.165) is 17.9 Å². The molecule has 202 valence electrons. The Bertz CT molecular complexity index is 1110. The van der Waals surface area contributed by atoms with Crippen LogP contribution >= 0.6 is 0 Å². The number of amidine groups is 1. The smallest absolute Gasteiger partial charge is 0.410 e. The zero-order valence-corrected chi connectivity index (χ0v) is 22.4. The van der Waals surface area contributed by atoms with Crippen molar-refractivity contribution in [2.45, 2.75) is 116 Å². The summed E-state index contributed by atoms with van der Waals surface area (Å²) in [5, 5.41) is 23.3. The van der Waals surface area contributed by atoms with Gasteiger partial charge in [-0.05, 0) is 63.2 Å². The summed E-state index contributed by atoms with van der Waals surface area (Å²) in [5.74, 6) is 3.65. The molecule has 2 atom stereocenters. The Hall–Kier alpha value is -2.71. The second-order valence-corrected chi connectivity index (χ2v) is 11.8. The molecule has 2 aromatic rings. The van der Waals surface area contributed by atoms with Crippen LogP contribution < -0.4 is 10.6 Å². The number of carbonyl (C=O) groups is 1. The Balaban J connectivity index is 1.60. The Morgan fingerprint density at radius 2 is 1.59 bits per heavy atom. The number of nitrogens with one attached hydrogen (secondary N) is 3. The average Bonchev–Trinajstić information content (AvgIpc) is 3.21. The van der Waals surface area contributed by atoms with E-state index in [1.165, 1.54) is 83.5 Å². The van der Waals surface area contributed by atoms with Crippen LogP contribution in [-0.2, 0) is 6.54 Å². The first-order valence-corrected chi connectivity index (χ1v) is 14.5. The lowest BCUT2D eigenvalue weighted by atomic mass is 9.80. The highest BCUT2D eigenvalue weighted by Crippen LogP contribution is 2.39. The fourth-order valence-electron chi connectivity index (χ4n) is 6.71. The topological polar surface area (TPSA) is 129 Å². The van der Waals surface area contributed by atoms with Gasteiger partial charge in [0.1, 0.15) is 11.3 Å². The van der Waals surface area contributed by atoms with Gasteiger partial charge in [-0.2, -0.15) is 0 Å². The van der Waals surface area contributed by atoms with Crippen LogP contribution in [-0.4, -0.2) is 42.6 Å². The molecule has 0 aliphatic heterocycles. The second kappa shape index (κ2) is 11.4. The van der Waals surface area contributed by atoms with Crippen LogP contribution in [0.3, 0.4) is 0 Å². The highest BCUT2D eigenvalue weighted by atomic mass is 16.4. The van der Waals surface area contributed by atoms with Gasteiger partial charge in [-0.15, -0.1) is 0 Å². The van der Waals surface area contributed by atoms with Crippen LogP contribution in [0.5, 0.6) is 0 Å². The van der Waals surface area contributed by atoms with Crippen molar-refractivity contribution in [3.8, 4) is 0 Å². The fourth-order valence-corrected chi connectivity index (χ4v) is 6.71. The number of aromatic nitrogens is 4. The lowest BCUT2D eigenvalue weighted by Gasteiger charge is -2.32.